The fourth-order valence-electron chi connectivity index (χ4n) is 1.80. The van der Waals surface area contributed by atoms with Gasteiger partial charge in [-0.15, -0.1) is 0 Å². The van der Waals surface area contributed by atoms with Gasteiger partial charge in [-0.1, -0.05) is 12.1 Å². The van der Waals surface area contributed by atoms with Gasteiger partial charge in [0.15, 0.2) is 0 Å². The van der Waals surface area contributed by atoms with Crippen LogP contribution >= 0.6 is 0 Å². The minimum atomic E-state index is -2.63. The number of carboxylic acids is 1. The summed E-state index contributed by atoms with van der Waals surface area (Å²) in [6, 6.07) is 3.92. The lowest BCUT2D eigenvalue weighted by Crippen LogP contribution is -2.10. The maximum absolute atomic E-state index is 12.7. The molecule has 1 rings (SSSR count). The largest absolute Gasteiger partial charge is 0.481 e. The van der Waals surface area contributed by atoms with E-state index in [0.717, 1.165) is 0 Å². The second-order valence-corrected chi connectivity index (χ2v) is 4.20. The summed E-state index contributed by atoms with van der Waals surface area (Å²) >= 11 is 0. The van der Waals surface area contributed by atoms with E-state index in [1.165, 1.54) is 18.2 Å². The Kier molecular flexibility index (Phi) is 6.09. The van der Waals surface area contributed by atoms with Crippen LogP contribution in [0.2, 0.25) is 0 Å². The van der Waals surface area contributed by atoms with E-state index in [2.05, 4.69) is 0 Å². The predicted molar refractivity (Wildman–Crippen MR) is 67.7 cm³/mol. The number of alkyl halides is 2. The summed E-state index contributed by atoms with van der Waals surface area (Å²) in [7, 11) is 0. The van der Waals surface area contributed by atoms with Gasteiger partial charge in [-0.2, -0.15) is 0 Å². The number of carbonyl (C=O) groups is 2. The summed E-state index contributed by atoms with van der Waals surface area (Å²) < 4.78 is 30.1. The molecule has 1 aromatic carbocycles. The zero-order valence-electron chi connectivity index (χ0n) is 11.1. The van der Waals surface area contributed by atoms with E-state index in [0.29, 0.717) is 11.1 Å². The molecule has 0 heterocycles. The fraction of sp³-hybridized carbons (Fsp3) is 0.429. The zero-order valence-corrected chi connectivity index (χ0v) is 11.1. The standard InChI is InChI=1S/C14H16F2O4/c1-2-20-13(19)8-11-7-10(14(15)16)4-3-9(11)5-6-12(17)18/h3-4,7,14H,2,5-6,8H2,1H3,(H,17,18). The molecule has 110 valence electrons. The highest BCUT2D eigenvalue weighted by molar-refractivity contribution is 5.73. The van der Waals surface area contributed by atoms with Crippen LogP contribution in [-0.2, 0) is 27.2 Å². The van der Waals surface area contributed by atoms with Crippen LogP contribution in [0.25, 0.3) is 0 Å². The van der Waals surface area contributed by atoms with Crippen molar-refractivity contribution in [2.24, 2.45) is 0 Å². The smallest absolute Gasteiger partial charge is 0.310 e. The van der Waals surface area contributed by atoms with Crippen LogP contribution in [0.5, 0.6) is 0 Å². The Labute approximate surface area is 115 Å². The molecule has 0 aliphatic heterocycles. The van der Waals surface area contributed by atoms with Crippen LogP contribution in [0.1, 0.15) is 36.5 Å². The molecule has 0 spiro atoms. The number of hydrogen-bond donors (Lipinski definition) is 1. The van der Waals surface area contributed by atoms with Gasteiger partial charge in [0, 0.05) is 12.0 Å². The number of ether oxygens (including phenoxy) is 1. The summed E-state index contributed by atoms with van der Waals surface area (Å²) in [6.45, 7) is 1.86. The molecular formula is C14H16F2O4. The van der Waals surface area contributed by atoms with Crippen molar-refractivity contribution >= 4 is 11.9 Å². The maximum atomic E-state index is 12.7. The molecule has 0 saturated carbocycles. The first-order valence-corrected chi connectivity index (χ1v) is 6.21. The minimum absolute atomic E-state index is 0.121. The number of carboxylic acid groups (broad SMARTS) is 1. The highest BCUT2D eigenvalue weighted by atomic mass is 19.3. The van der Waals surface area contributed by atoms with Crippen molar-refractivity contribution in [2.45, 2.75) is 32.6 Å². The van der Waals surface area contributed by atoms with Crippen molar-refractivity contribution in [2.75, 3.05) is 6.61 Å². The normalized spacial score (nSPS) is 10.6. The lowest BCUT2D eigenvalue weighted by atomic mass is 9.98. The van der Waals surface area contributed by atoms with E-state index in [1.54, 1.807) is 6.92 Å². The molecule has 0 radical (unpaired) electrons. The summed E-state index contributed by atoms with van der Waals surface area (Å²) in [5.41, 5.74) is 0.774. The number of halogens is 2. The first kappa shape index (κ1) is 16.1. The zero-order chi connectivity index (χ0) is 15.1. The molecule has 0 amide bonds. The third-order valence-corrected chi connectivity index (χ3v) is 2.73. The Morgan fingerprint density at radius 2 is 2.00 bits per heavy atom. The van der Waals surface area contributed by atoms with E-state index in [9.17, 15) is 18.4 Å². The Morgan fingerprint density at radius 3 is 2.55 bits per heavy atom. The number of aryl methyl sites for hydroxylation is 1. The Balaban J connectivity index is 2.96. The van der Waals surface area contributed by atoms with E-state index in [4.69, 9.17) is 9.84 Å². The van der Waals surface area contributed by atoms with Gasteiger partial charge in [-0.25, -0.2) is 8.78 Å². The van der Waals surface area contributed by atoms with E-state index < -0.39 is 18.4 Å². The molecule has 0 saturated heterocycles. The molecule has 0 aliphatic carbocycles. The van der Waals surface area contributed by atoms with Crippen molar-refractivity contribution in [1.82, 2.24) is 0 Å². The van der Waals surface area contributed by atoms with Crippen molar-refractivity contribution in [3.8, 4) is 0 Å². The Bertz CT molecular complexity index is 486. The summed E-state index contributed by atoms with van der Waals surface area (Å²) in [4.78, 5) is 22.0. The summed E-state index contributed by atoms with van der Waals surface area (Å²) in [5, 5.41) is 8.66. The van der Waals surface area contributed by atoms with E-state index >= 15 is 0 Å². The number of carbonyl (C=O) groups excluding carboxylic acids is 1. The van der Waals surface area contributed by atoms with Crippen LogP contribution in [-0.4, -0.2) is 23.7 Å². The van der Waals surface area contributed by atoms with Gasteiger partial charge in [-0.3, -0.25) is 9.59 Å². The molecule has 0 unspecified atom stereocenters. The lowest BCUT2D eigenvalue weighted by Gasteiger charge is -2.11. The highest BCUT2D eigenvalue weighted by Gasteiger charge is 2.14. The van der Waals surface area contributed by atoms with Crippen molar-refractivity contribution in [3.05, 3.63) is 34.9 Å². The van der Waals surface area contributed by atoms with Gasteiger partial charge in [0.2, 0.25) is 0 Å². The molecule has 1 N–H and O–H groups in total. The highest BCUT2D eigenvalue weighted by Crippen LogP contribution is 2.23. The number of hydrogen-bond acceptors (Lipinski definition) is 3. The molecule has 20 heavy (non-hydrogen) atoms. The second kappa shape index (κ2) is 7.57. The van der Waals surface area contributed by atoms with Gasteiger partial charge in [0.05, 0.1) is 13.0 Å². The molecule has 4 nitrogen and oxygen atoms in total. The minimum Gasteiger partial charge on any atom is -0.481 e. The van der Waals surface area contributed by atoms with Crippen molar-refractivity contribution in [3.63, 3.8) is 0 Å². The van der Waals surface area contributed by atoms with Crippen molar-refractivity contribution < 1.29 is 28.2 Å². The molecule has 0 aromatic heterocycles. The lowest BCUT2D eigenvalue weighted by molar-refractivity contribution is -0.142. The molecule has 1 aromatic rings. The quantitative estimate of drug-likeness (QED) is 0.783. The van der Waals surface area contributed by atoms with Crippen LogP contribution < -0.4 is 0 Å². The SMILES string of the molecule is CCOC(=O)Cc1cc(C(F)F)ccc1CCC(=O)O. The topological polar surface area (TPSA) is 63.6 Å². The van der Waals surface area contributed by atoms with E-state index in [1.807, 2.05) is 0 Å². The number of benzene rings is 1. The maximum Gasteiger partial charge on any atom is 0.310 e. The van der Waals surface area contributed by atoms with Crippen LogP contribution in [0.4, 0.5) is 8.78 Å². The molecule has 0 fully saturated rings. The third-order valence-electron chi connectivity index (χ3n) is 2.73. The van der Waals surface area contributed by atoms with E-state index in [-0.39, 0.29) is 31.4 Å². The number of aliphatic carboxylic acids is 1. The molecule has 0 bridgehead atoms. The number of esters is 1. The fourth-order valence-corrected chi connectivity index (χ4v) is 1.80. The summed E-state index contributed by atoms with van der Waals surface area (Å²) in [6.07, 6.45) is -2.70. The Hall–Kier alpha value is -1.98. The third kappa shape index (κ3) is 4.95. The first-order valence-electron chi connectivity index (χ1n) is 6.21. The van der Waals surface area contributed by atoms with Gasteiger partial charge in [0.1, 0.15) is 0 Å². The molecule has 6 heteroatoms. The average Bonchev–Trinajstić information content (AvgIpc) is 2.37. The average molecular weight is 286 g/mol. The Morgan fingerprint density at radius 1 is 1.30 bits per heavy atom. The van der Waals surface area contributed by atoms with Gasteiger partial charge < -0.3 is 9.84 Å². The first-order chi connectivity index (χ1) is 9.43. The van der Waals surface area contributed by atoms with Crippen molar-refractivity contribution in [1.29, 1.82) is 0 Å². The van der Waals surface area contributed by atoms with Gasteiger partial charge >= 0.3 is 11.9 Å². The van der Waals surface area contributed by atoms with Crippen LogP contribution in [0.3, 0.4) is 0 Å². The summed E-state index contributed by atoms with van der Waals surface area (Å²) in [5.74, 6) is -1.50. The van der Waals surface area contributed by atoms with Crippen LogP contribution in [0, 0.1) is 0 Å². The molecule has 0 atom stereocenters. The van der Waals surface area contributed by atoms with Gasteiger partial charge in [0.25, 0.3) is 6.43 Å². The number of rotatable bonds is 7. The van der Waals surface area contributed by atoms with Gasteiger partial charge in [-0.05, 0) is 30.5 Å². The second-order valence-electron chi connectivity index (χ2n) is 4.20. The molecule has 0 aliphatic rings. The molecular weight excluding hydrogens is 270 g/mol. The van der Waals surface area contributed by atoms with Crippen LogP contribution in [0.15, 0.2) is 18.2 Å². The monoisotopic (exact) mass is 286 g/mol. The predicted octanol–water partition coefficient (Wildman–Crippen LogP) is 2.75.